The van der Waals surface area contributed by atoms with Crippen LogP contribution in [0.15, 0.2) is 0 Å². The molecule has 0 unspecified atom stereocenters. The van der Waals surface area contributed by atoms with Gasteiger partial charge in [-0.3, -0.25) is 0 Å². The minimum Gasteiger partial charge on any atom is -0.448 e. The molecule has 0 aromatic carbocycles. The Morgan fingerprint density at radius 3 is 1.77 bits per heavy atom. The maximum atomic E-state index is 11.5. The number of hydrogen-bond acceptors (Lipinski definition) is 1. The van der Waals surface area contributed by atoms with Gasteiger partial charge in [-0.2, -0.15) is 13.2 Å². The molecule has 0 aliphatic rings. The van der Waals surface area contributed by atoms with Crippen molar-refractivity contribution in [3.63, 3.8) is 0 Å². The van der Waals surface area contributed by atoms with Crippen LogP contribution in [0, 0.1) is 0 Å². The van der Waals surface area contributed by atoms with Crippen molar-refractivity contribution in [3.8, 4) is 0 Å². The van der Waals surface area contributed by atoms with Gasteiger partial charge < -0.3 is 17.8 Å². The van der Waals surface area contributed by atoms with Gasteiger partial charge in [0, 0.05) is 0 Å². The average molecular weight is 233 g/mol. The summed E-state index contributed by atoms with van der Waals surface area (Å²) in [5.74, 6) is 0. The molecule has 0 radical (unpaired) electrons. The number of halogens is 6. The van der Waals surface area contributed by atoms with E-state index in [2.05, 4.69) is 0 Å². The van der Waals surface area contributed by atoms with Crippen molar-refractivity contribution in [3.05, 3.63) is 0 Å². The van der Waals surface area contributed by atoms with Gasteiger partial charge in [0.1, 0.15) is 0 Å². The van der Waals surface area contributed by atoms with Crippen molar-refractivity contribution in [1.82, 2.24) is 4.90 Å². The fraction of sp³-hybridized carbons (Fsp3) is 1.00. The first kappa shape index (κ1) is 16.7. The minimum absolute atomic E-state index is 0. The van der Waals surface area contributed by atoms with Crippen LogP contribution in [0.5, 0.6) is 0 Å². The molecule has 0 bridgehead atoms. The quantitative estimate of drug-likeness (QED) is 0.440. The Morgan fingerprint density at radius 1 is 1.15 bits per heavy atom. The van der Waals surface area contributed by atoms with Gasteiger partial charge in [0.25, 0.3) is 0 Å². The monoisotopic (exact) mass is 233 g/mol. The van der Waals surface area contributed by atoms with E-state index in [0.29, 0.717) is 0 Å². The summed E-state index contributed by atoms with van der Waals surface area (Å²) >= 11 is 0. The Labute approximate surface area is 114 Å². The summed E-state index contributed by atoms with van der Waals surface area (Å²) in [4.78, 5) is 0.194. The topological polar surface area (TPSA) is 3.24 Å². The van der Waals surface area contributed by atoms with Gasteiger partial charge in [0.2, 0.25) is 0 Å². The molecule has 9 heteroatoms. The van der Waals surface area contributed by atoms with Crippen LogP contribution in [0.2, 0.25) is 0 Å². The molecule has 0 aromatic heterocycles. The Kier molecular flexibility index (Phi) is 7.64. The fourth-order valence-corrected chi connectivity index (χ4v) is 0.724. The second-order valence-electron chi connectivity index (χ2n) is 2.52. The molecule has 0 aromatic rings. The van der Waals surface area contributed by atoms with Crippen LogP contribution < -0.4 is 51.4 Å². The molecule has 0 rings (SSSR count). The van der Waals surface area contributed by atoms with Crippen molar-refractivity contribution in [2.75, 3.05) is 20.0 Å². The summed E-state index contributed by atoms with van der Waals surface area (Å²) in [6, 6.07) is 0. The van der Waals surface area contributed by atoms with E-state index in [1.165, 1.54) is 0 Å². The third-order valence-electron chi connectivity index (χ3n) is 0.968. The van der Waals surface area contributed by atoms with Crippen LogP contribution >= 0.6 is 0 Å². The van der Waals surface area contributed by atoms with Crippen molar-refractivity contribution in [1.29, 1.82) is 0 Å². The summed E-state index contributed by atoms with van der Waals surface area (Å²) in [5, 5.41) is 0. The minimum atomic E-state index is -5.17. The molecule has 0 N–H and O–H groups in total. The number of rotatable bonds is 3. The van der Waals surface area contributed by atoms with E-state index in [-0.39, 0.29) is 56.3 Å². The predicted molar refractivity (Wildman–Crippen MR) is 32.6 cm³/mol. The molecule has 0 amide bonds. The van der Waals surface area contributed by atoms with E-state index in [4.69, 9.17) is 0 Å². The third kappa shape index (κ3) is 13.2. The van der Waals surface area contributed by atoms with E-state index in [1.54, 1.807) is 0 Å². The Morgan fingerprint density at radius 2 is 1.54 bits per heavy atom. The summed E-state index contributed by atoms with van der Waals surface area (Å²) in [6.45, 7) is -6.71. The molecule has 0 aliphatic heterocycles. The van der Waals surface area contributed by atoms with Gasteiger partial charge in [-0.05, 0) is 13.5 Å². The molecule has 0 aliphatic carbocycles. The van der Waals surface area contributed by atoms with Crippen LogP contribution in [0.4, 0.5) is 26.1 Å². The van der Waals surface area contributed by atoms with Crippen molar-refractivity contribution in [2.45, 2.75) is 6.18 Å². The molecule has 1 nitrogen and oxygen atoms in total. The first-order chi connectivity index (χ1) is 5.10. The van der Waals surface area contributed by atoms with Gasteiger partial charge in [-0.1, -0.05) is 0 Å². The van der Waals surface area contributed by atoms with Crippen LogP contribution in [-0.2, 0) is 0 Å². The number of hydrogen-bond donors (Lipinski definition) is 0. The second kappa shape index (κ2) is 5.96. The van der Waals surface area contributed by atoms with Crippen molar-refractivity contribution >= 4 is 6.98 Å². The average Bonchev–Trinajstić information content (AvgIpc) is 1.49. The maximum absolute atomic E-state index is 11.5. The van der Waals surface area contributed by atoms with Crippen LogP contribution in [-0.4, -0.2) is 38.1 Å². The van der Waals surface area contributed by atoms with Crippen molar-refractivity contribution < 1.29 is 77.5 Å². The molecular formula is C4H7BF6KN. The zero-order valence-corrected chi connectivity index (χ0v) is 10.3. The first-order valence-corrected chi connectivity index (χ1v) is 3.06. The molecule has 74 valence electrons. The standard InChI is InChI=1S/C4H7BF6N.K/c1-12(2-4(6,7)8)3-5(9,10)11;/h2-3H2,1H3;/q-1;+1. The van der Waals surface area contributed by atoms with Crippen LogP contribution in [0.3, 0.4) is 0 Å². The van der Waals surface area contributed by atoms with E-state index in [0.717, 1.165) is 7.05 Å². The largest absolute Gasteiger partial charge is 1.00 e. The van der Waals surface area contributed by atoms with Crippen LogP contribution in [0.25, 0.3) is 0 Å². The molecule has 0 saturated carbocycles. The maximum Gasteiger partial charge on any atom is 1.00 e. The van der Waals surface area contributed by atoms with Gasteiger partial charge in [-0.15, -0.1) is 0 Å². The van der Waals surface area contributed by atoms with E-state index in [1.807, 2.05) is 0 Å². The predicted octanol–water partition coefficient (Wildman–Crippen LogP) is -1.13. The van der Waals surface area contributed by atoms with E-state index in [9.17, 15) is 26.1 Å². The molecule has 0 heterocycles. The zero-order valence-electron chi connectivity index (χ0n) is 7.21. The van der Waals surface area contributed by atoms with E-state index >= 15 is 0 Å². The summed E-state index contributed by atoms with van der Waals surface area (Å²) in [6.07, 6.45) is -6.06. The SMILES string of the molecule is CN(C[B-](F)(F)F)CC(F)(F)F.[K+]. The van der Waals surface area contributed by atoms with Crippen molar-refractivity contribution in [2.24, 2.45) is 0 Å². The summed E-state index contributed by atoms with van der Waals surface area (Å²) in [5.41, 5.74) is 0. The molecule has 0 fully saturated rings. The number of nitrogens with zero attached hydrogens (tertiary/aromatic N) is 1. The summed E-state index contributed by atoms with van der Waals surface area (Å²) < 4.78 is 69.0. The van der Waals surface area contributed by atoms with Gasteiger partial charge in [0.05, 0.1) is 6.54 Å². The number of alkyl halides is 3. The fourth-order valence-electron chi connectivity index (χ4n) is 0.724. The second-order valence-corrected chi connectivity index (χ2v) is 2.52. The summed E-state index contributed by atoms with van der Waals surface area (Å²) in [7, 11) is 0.780. The molecule has 0 atom stereocenters. The van der Waals surface area contributed by atoms with Gasteiger partial charge in [-0.25, -0.2) is 0 Å². The molecule has 13 heavy (non-hydrogen) atoms. The van der Waals surface area contributed by atoms with Gasteiger partial charge >= 0.3 is 64.5 Å². The van der Waals surface area contributed by atoms with Gasteiger partial charge in [0.15, 0.2) is 0 Å². The smallest absolute Gasteiger partial charge is 0.448 e. The first-order valence-electron chi connectivity index (χ1n) is 3.06. The Hall–Kier alpha value is 1.24. The normalized spacial score (nSPS) is 12.9. The molecule has 0 spiro atoms. The Balaban J connectivity index is 0. The molecular weight excluding hydrogens is 226 g/mol. The van der Waals surface area contributed by atoms with E-state index < -0.39 is 26.1 Å². The van der Waals surface area contributed by atoms with Crippen LogP contribution in [0.1, 0.15) is 0 Å². The zero-order chi connectivity index (χ0) is 9.99. The molecule has 0 saturated heterocycles. The third-order valence-corrected chi connectivity index (χ3v) is 0.968. The Bertz CT molecular complexity index is 129.